The molecule has 2 aliphatic rings. The fourth-order valence-electron chi connectivity index (χ4n) is 3.68. The van der Waals surface area contributed by atoms with Crippen LogP contribution in [0.15, 0.2) is 29.2 Å². The molecule has 0 amide bonds. The van der Waals surface area contributed by atoms with Crippen molar-refractivity contribution >= 4 is 16.0 Å². The molecule has 0 saturated carbocycles. The van der Waals surface area contributed by atoms with Gasteiger partial charge in [0.15, 0.2) is 0 Å². The van der Waals surface area contributed by atoms with E-state index in [1.165, 1.54) is 28.6 Å². The summed E-state index contributed by atoms with van der Waals surface area (Å²) in [6.07, 6.45) is -0.204. The molecule has 1 aromatic rings. The van der Waals surface area contributed by atoms with Crippen molar-refractivity contribution in [2.45, 2.75) is 48.4 Å². The zero-order valence-corrected chi connectivity index (χ0v) is 15.3. The van der Waals surface area contributed by atoms with Crippen LogP contribution in [0.3, 0.4) is 0 Å². The third kappa shape index (κ3) is 3.25. The highest BCUT2D eigenvalue weighted by Crippen LogP contribution is 2.40. The first-order chi connectivity index (χ1) is 12.1. The van der Waals surface area contributed by atoms with E-state index >= 15 is 0 Å². The van der Waals surface area contributed by atoms with Gasteiger partial charge in [0.1, 0.15) is 6.10 Å². The summed E-state index contributed by atoms with van der Waals surface area (Å²) in [5.41, 5.74) is -2.19. The maximum atomic E-state index is 12.8. The largest absolute Gasteiger partial charge is 0.478 e. The number of hydrogen-bond acceptors (Lipinski definition) is 6. The maximum Gasteiger partial charge on any atom is 0.335 e. The normalized spacial score (nSPS) is 29.6. The minimum Gasteiger partial charge on any atom is -0.478 e. The van der Waals surface area contributed by atoms with Crippen LogP contribution in [0.4, 0.5) is 0 Å². The minimum atomic E-state index is -3.77. The lowest BCUT2D eigenvalue weighted by atomic mass is 9.75. The second kappa shape index (κ2) is 6.58. The molecule has 0 bridgehead atoms. The number of carboxylic acid groups (broad SMARTS) is 1. The first-order valence-corrected chi connectivity index (χ1v) is 9.90. The smallest absolute Gasteiger partial charge is 0.335 e. The van der Waals surface area contributed by atoms with Gasteiger partial charge in [-0.3, -0.25) is 0 Å². The Morgan fingerprint density at radius 1 is 1.19 bits per heavy atom. The van der Waals surface area contributed by atoms with Gasteiger partial charge in [-0.2, -0.15) is 4.31 Å². The van der Waals surface area contributed by atoms with Gasteiger partial charge in [-0.1, -0.05) is 0 Å². The number of aliphatic hydroxyl groups excluding tert-OH is 1. The molecule has 2 saturated heterocycles. The molecular weight excluding hydrogens is 362 g/mol. The van der Waals surface area contributed by atoms with Crippen LogP contribution in [0.25, 0.3) is 0 Å². The van der Waals surface area contributed by atoms with Crippen molar-refractivity contribution in [2.24, 2.45) is 0 Å². The number of aromatic carboxylic acids is 1. The Morgan fingerprint density at radius 2 is 1.77 bits per heavy atom. The SMILES string of the molecule is C[C@@]1(O)CCOC2(CCN(S(=O)(=O)c3ccc(C(=O)O)cc3)CC2)[C@H]1O. The number of sulfonamides is 1. The van der Waals surface area contributed by atoms with Crippen LogP contribution >= 0.6 is 0 Å². The summed E-state index contributed by atoms with van der Waals surface area (Å²) in [6.45, 7) is 2.18. The van der Waals surface area contributed by atoms with E-state index in [-0.39, 0.29) is 36.4 Å². The maximum absolute atomic E-state index is 12.8. The second-order valence-electron chi connectivity index (χ2n) is 7.16. The van der Waals surface area contributed by atoms with Crippen molar-refractivity contribution in [1.29, 1.82) is 0 Å². The molecule has 1 aromatic carbocycles. The average Bonchev–Trinajstić information content (AvgIpc) is 2.60. The number of aliphatic hydroxyl groups is 2. The van der Waals surface area contributed by atoms with Crippen molar-refractivity contribution in [2.75, 3.05) is 19.7 Å². The number of benzene rings is 1. The summed E-state index contributed by atoms with van der Waals surface area (Å²) in [5, 5.41) is 29.7. The number of nitrogens with zero attached hydrogens (tertiary/aromatic N) is 1. The number of piperidine rings is 1. The predicted molar refractivity (Wildman–Crippen MR) is 91.3 cm³/mol. The molecular formula is C17H23NO7S. The van der Waals surface area contributed by atoms with Gasteiger partial charge in [0, 0.05) is 19.5 Å². The van der Waals surface area contributed by atoms with Gasteiger partial charge in [0.2, 0.25) is 10.0 Å². The highest BCUT2D eigenvalue weighted by atomic mass is 32.2. The zero-order chi connectivity index (χ0) is 19.2. The highest BCUT2D eigenvalue weighted by molar-refractivity contribution is 7.89. The third-order valence-corrected chi connectivity index (χ3v) is 7.31. The topological polar surface area (TPSA) is 124 Å². The standard InChI is InChI=1S/C17H23NO7S/c1-16(22)8-11-25-17(15(16)21)6-9-18(10-7-17)26(23,24)13-4-2-12(3-5-13)14(19)20/h2-5,15,21-22H,6-11H2,1H3,(H,19,20)/t15-,16+/m0/s1. The molecule has 3 N–H and O–H groups in total. The Hall–Kier alpha value is -1.52. The Morgan fingerprint density at radius 3 is 2.31 bits per heavy atom. The lowest BCUT2D eigenvalue weighted by Gasteiger charge is -2.51. The molecule has 0 aliphatic carbocycles. The van der Waals surface area contributed by atoms with Crippen molar-refractivity contribution < 1.29 is 33.3 Å². The fourth-order valence-corrected chi connectivity index (χ4v) is 5.13. The van der Waals surface area contributed by atoms with E-state index in [9.17, 15) is 23.4 Å². The summed E-state index contributed by atoms with van der Waals surface area (Å²) in [5.74, 6) is -1.12. The molecule has 144 valence electrons. The lowest BCUT2D eigenvalue weighted by molar-refractivity contribution is -0.243. The number of ether oxygens (including phenoxy) is 1. The average molecular weight is 385 g/mol. The Bertz CT molecular complexity index is 780. The molecule has 26 heavy (non-hydrogen) atoms. The summed E-state index contributed by atoms with van der Waals surface area (Å²) in [4.78, 5) is 10.9. The summed E-state index contributed by atoms with van der Waals surface area (Å²) < 4.78 is 32.6. The molecule has 0 aromatic heterocycles. The van der Waals surface area contributed by atoms with Crippen LogP contribution in [0, 0.1) is 0 Å². The van der Waals surface area contributed by atoms with Crippen LogP contribution in [0.2, 0.25) is 0 Å². The predicted octanol–water partition coefficient (Wildman–Crippen LogP) is 0.440. The molecule has 9 heteroatoms. The molecule has 8 nitrogen and oxygen atoms in total. The molecule has 2 atom stereocenters. The molecule has 3 rings (SSSR count). The number of rotatable bonds is 3. The first kappa shape index (κ1) is 19.2. The summed E-state index contributed by atoms with van der Waals surface area (Å²) >= 11 is 0. The van der Waals surface area contributed by atoms with E-state index in [4.69, 9.17) is 9.84 Å². The minimum absolute atomic E-state index is 0.0162. The van der Waals surface area contributed by atoms with E-state index in [2.05, 4.69) is 0 Å². The molecule has 2 heterocycles. The third-order valence-electron chi connectivity index (χ3n) is 5.39. The summed E-state index contributed by atoms with van der Waals surface area (Å²) in [7, 11) is -3.77. The van der Waals surface area contributed by atoms with E-state index in [0.29, 0.717) is 13.0 Å². The highest BCUT2D eigenvalue weighted by Gasteiger charge is 2.53. The van der Waals surface area contributed by atoms with Gasteiger partial charge in [-0.25, -0.2) is 13.2 Å². The molecule has 2 fully saturated rings. The van der Waals surface area contributed by atoms with Crippen LogP contribution in [-0.4, -0.2) is 71.0 Å². The number of carbonyl (C=O) groups is 1. The van der Waals surface area contributed by atoms with E-state index in [0.717, 1.165) is 0 Å². The van der Waals surface area contributed by atoms with Gasteiger partial charge in [-0.15, -0.1) is 0 Å². The van der Waals surface area contributed by atoms with E-state index < -0.39 is 33.3 Å². The Labute approximate surface area is 152 Å². The monoisotopic (exact) mass is 385 g/mol. The Balaban J connectivity index is 1.75. The van der Waals surface area contributed by atoms with E-state index in [1.807, 2.05) is 0 Å². The summed E-state index contributed by atoms with van der Waals surface area (Å²) in [6, 6.07) is 5.07. The number of hydrogen-bond donors (Lipinski definition) is 3. The van der Waals surface area contributed by atoms with Gasteiger partial charge in [0.05, 0.1) is 28.3 Å². The van der Waals surface area contributed by atoms with Crippen LogP contribution in [0.1, 0.15) is 36.5 Å². The molecule has 2 aliphatic heterocycles. The first-order valence-electron chi connectivity index (χ1n) is 8.46. The van der Waals surface area contributed by atoms with Crippen LogP contribution in [0.5, 0.6) is 0 Å². The van der Waals surface area contributed by atoms with Gasteiger partial charge >= 0.3 is 5.97 Å². The van der Waals surface area contributed by atoms with Crippen molar-refractivity contribution in [1.82, 2.24) is 4.31 Å². The zero-order valence-electron chi connectivity index (χ0n) is 14.5. The van der Waals surface area contributed by atoms with Gasteiger partial charge in [-0.05, 0) is 44.0 Å². The fraction of sp³-hybridized carbons (Fsp3) is 0.588. The van der Waals surface area contributed by atoms with Crippen LogP contribution in [-0.2, 0) is 14.8 Å². The molecule has 0 radical (unpaired) electrons. The quantitative estimate of drug-likeness (QED) is 0.689. The van der Waals surface area contributed by atoms with Gasteiger partial charge in [0.25, 0.3) is 0 Å². The van der Waals surface area contributed by atoms with Crippen molar-refractivity contribution in [3.63, 3.8) is 0 Å². The molecule has 0 unspecified atom stereocenters. The van der Waals surface area contributed by atoms with Crippen molar-refractivity contribution in [3.8, 4) is 0 Å². The number of carboxylic acids is 1. The van der Waals surface area contributed by atoms with Gasteiger partial charge < -0.3 is 20.1 Å². The van der Waals surface area contributed by atoms with Crippen molar-refractivity contribution in [3.05, 3.63) is 29.8 Å². The molecule has 1 spiro atoms. The van der Waals surface area contributed by atoms with E-state index in [1.54, 1.807) is 6.92 Å². The Kier molecular flexibility index (Phi) is 4.87. The van der Waals surface area contributed by atoms with Crippen LogP contribution < -0.4 is 0 Å². The second-order valence-corrected chi connectivity index (χ2v) is 9.09. The lowest BCUT2D eigenvalue weighted by Crippen LogP contribution is -2.64.